The summed E-state index contributed by atoms with van der Waals surface area (Å²) in [6.45, 7) is 2.55. The van der Waals surface area contributed by atoms with Crippen LogP contribution in [0, 0.1) is 23.2 Å². The van der Waals surface area contributed by atoms with Crippen molar-refractivity contribution in [3.05, 3.63) is 5.82 Å². The van der Waals surface area contributed by atoms with Crippen molar-refractivity contribution in [2.45, 2.75) is 87.6 Å². The number of carbonyl (C=O) groups is 2. The van der Waals surface area contributed by atoms with Crippen molar-refractivity contribution in [1.82, 2.24) is 14.8 Å². The largest absolute Gasteiger partial charge is 0.370 e. The number of carbonyl (C=O) groups excluding carboxylic acids is 2. The van der Waals surface area contributed by atoms with E-state index >= 15 is 0 Å². The summed E-state index contributed by atoms with van der Waals surface area (Å²) >= 11 is 1.53. The van der Waals surface area contributed by atoms with Gasteiger partial charge in [0.05, 0.1) is 5.25 Å². The van der Waals surface area contributed by atoms with E-state index in [-0.39, 0.29) is 23.0 Å². The van der Waals surface area contributed by atoms with Gasteiger partial charge in [-0.15, -0.1) is 10.2 Å². The van der Waals surface area contributed by atoms with Gasteiger partial charge in [0.25, 0.3) is 0 Å². The Bertz CT molecular complexity index is 765. The maximum absolute atomic E-state index is 13.6. The molecule has 0 unspecified atom stereocenters. The topological polar surface area (TPSA) is 90.9 Å². The first-order chi connectivity index (χ1) is 13.4. The molecule has 152 valence electrons. The second kappa shape index (κ2) is 6.85. The molecule has 6 rings (SSSR count). The van der Waals surface area contributed by atoms with Gasteiger partial charge in [0.15, 0.2) is 10.9 Å². The summed E-state index contributed by atoms with van der Waals surface area (Å²) in [6.07, 6.45) is 9.88. The van der Waals surface area contributed by atoms with Gasteiger partial charge >= 0.3 is 0 Å². The predicted molar refractivity (Wildman–Crippen MR) is 107 cm³/mol. The lowest BCUT2D eigenvalue weighted by molar-refractivity contribution is -0.143. The number of aromatic nitrogens is 3. The van der Waals surface area contributed by atoms with E-state index < -0.39 is 0 Å². The van der Waals surface area contributed by atoms with Gasteiger partial charge in [-0.1, -0.05) is 11.8 Å². The fourth-order valence-electron chi connectivity index (χ4n) is 6.52. The van der Waals surface area contributed by atoms with E-state index in [9.17, 15) is 9.59 Å². The van der Waals surface area contributed by atoms with Gasteiger partial charge in [0, 0.05) is 24.3 Å². The van der Waals surface area contributed by atoms with Crippen molar-refractivity contribution in [2.75, 3.05) is 0 Å². The molecule has 0 radical (unpaired) electrons. The Kier molecular flexibility index (Phi) is 4.56. The Labute approximate surface area is 170 Å². The average Bonchev–Trinajstić information content (AvgIpc) is 3.40. The fourth-order valence-corrected chi connectivity index (χ4v) is 7.59. The molecule has 5 saturated carbocycles. The van der Waals surface area contributed by atoms with Crippen LogP contribution < -0.4 is 5.73 Å². The molecule has 0 aromatic carbocycles. The Morgan fingerprint density at radius 1 is 1.14 bits per heavy atom. The number of thioether (sulfide) groups is 1. The number of hydrogen-bond acceptors (Lipinski definition) is 5. The minimum absolute atomic E-state index is 0.0848. The number of primary amides is 1. The summed E-state index contributed by atoms with van der Waals surface area (Å²) in [4.78, 5) is 24.9. The zero-order chi connectivity index (χ0) is 19.5. The van der Waals surface area contributed by atoms with Gasteiger partial charge in [-0.25, -0.2) is 0 Å². The third-order valence-corrected chi connectivity index (χ3v) is 8.56. The number of nitrogens with zero attached hydrogens (tertiary/aromatic N) is 3. The van der Waals surface area contributed by atoms with Crippen molar-refractivity contribution >= 4 is 23.5 Å². The second-order valence-electron chi connectivity index (χ2n) is 9.81. The summed E-state index contributed by atoms with van der Waals surface area (Å²) in [5, 5.41) is 9.43. The van der Waals surface area contributed by atoms with Crippen LogP contribution in [-0.2, 0) is 16.1 Å². The normalized spacial score (nSPS) is 34.5. The molecule has 2 N–H and O–H groups in total. The van der Waals surface area contributed by atoms with Crippen molar-refractivity contribution in [1.29, 1.82) is 0 Å². The second-order valence-corrected chi connectivity index (χ2v) is 11.1. The van der Waals surface area contributed by atoms with E-state index in [1.54, 1.807) is 0 Å². The molecule has 5 fully saturated rings. The summed E-state index contributed by atoms with van der Waals surface area (Å²) in [5.74, 6) is 3.83. The lowest BCUT2D eigenvalue weighted by Gasteiger charge is -2.56. The molecule has 7 heteroatoms. The molecule has 1 aromatic rings. The monoisotopic (exact) mass is 402 g/mol. The van der Waals surface area contributed by atoms with E-state index in [1.165, 1.54) is 31.0 Å². The van der Waals surface area contributed by atoms with E-state index in [4.69, 9.17) is 5.73 Å². The molecule has 5 aliphatic rings. The van der Waals surface area contributed by atoms with Crippen molar-refractivity contribution in [2.24, 2.45) is 28.9 Å². The Hall–Kier alpha value is -1.37. The van der Waals surface area contributed by atoms with Crippen LogP contribution in [0.2, 0.25) is 0 Å². The Balaban J connectivity index is 1.33. The molecular formula is C21H30N4O2S. The molecule has 28 heavy (non-hydrogen) atoms. The zero-order valence-corrected chi connectivity index (χ0v) is 17.4. The van der Waals surface area contributed by atoms with Crippen LogP contribution >= 0.6 is 11.8 Å². The third-order valence-electron chi connectivity index (χ3n) is 7.48. The number of rotatable bonds is 8. The van der Waals surface area contributed by atoms with Crippen molar-refractivity contribution < 1.29 is 9.59 Å². The number of nitrogens with two attached hydrogens (primary N) is 1. The molecule has 1 heterocycles. The SMILES string of the molecule is C[C@@H](Sc1nnc(C2CC2)n1CCC(N)=O)C(=O)C12CC3CC(CC(C3)C1)C2. The zero-order valence-electron chi connectivity index (χ0n) is 16.6. The molecule has 1 atom stereocenters. The lowest BCUT2D eigenvalue weighted by atomic mass is 9.48. The fraction of sp³-hybridized carbons (Fsp3) is 0.810. The van der Waals surface area contributed by atoms with Crippen LogP contribution in [0.5, 0.6) is 0 Å². The van der Waals surface area contributed by atoms with Gasteiger partial charge in [0.1, 0.15) is 5.82 Å². The maximum Gasteiger partial charge on any atom is 0.219 e. The lowest BCUT2D eigenvalue weighted by Crippen LogP contribution is -2.51. The van der Waals surface area contributed by atoms with Gasteiger partial charge in [-0.05, 0) is 76.0 Å². The Morgan fingerprint density at radius 3 is 2.29 bits per heavy atom. The smallest absolute Gasteiger partial charge is 0.219 e. The molecule has 4 bridgehead atoms. The van der Waals surface area contributed by atoms with Crippen molar-refractivity contribution in [3.63, 3.8) is 0 Å². The van der Waals surface area contributed by atoms with Gasteiger partial charge in [0.2, 0.25) is 5.91 Å². The van der Waals surface area contributed by atoms with E-state index in [1.807, 2.05) is 11.5 Å². The van der Waals surface area contributed by atoms with E-state index in [2.05, 4.69) is 10.2 Å². The van der Waals surface area contributed by atoms with Gasteiger partial charge in [-0.2, -0.15) is 0 Å². The predicted octanol–water partition coefficient (Wildman–Crippen LogP) is 3.30. The summed E-state index contributed by atoms with van der Waals surface area (Å²) in [7, 11) is 0. The van der Waals surface area contributed by atoms with E-state index in [0.717, 1.165) is 60.8 Å². The van der Waals surface area contributed by atoms with Crippen LogP contribution in [0.25, 0.3) is 0 Å². The Morgan fingerprint density at radius 2 is 1.75 bits per heavy atom. The van der Waals surface area contributed by atoms with Crippen LogP contribution in [-0.4, -0.2) is 31.7 Å². The number of amides is 1. The molecule has 1 amide bonds. The first kappa shape index (κ1) is 18.6. The highest BCUT2D eigenvalue weighted by atomic mass is 32.2. The highest BCUT2D eigenvalue weighted by Crippen LogP contribution is 2.61. The molecule has 0 saturated heterocycles. The minimum atomic E-state index is -0.316. The summed E-state index contributed by atoms with van der Waals surface area (Å²) in [5.41, 5.74) is 5.28. The molecule has 6 nitrogen and oxygen atoms in total. The van der Waals surface area contributed by atoms with E-state index in [0.29, 0.717) is 18.2 Å². The standard InChI is InChI=1S/C21H30N4O2S/c1-12(18(27)21-9-13-6-14(10-21)8-15(7-13)11-21)28-20-24-23-19(16-2-3-16)25(20)5-4-17(22)26/h12-16H,2-11H2,1H3,(H2,22,26)/t12-,13?,14?,15?,21?/m1/s1. The number of hydrogen-bond donors (Lipinski definition) is 1. The molecular weight excluding hydrogens is 372 g/mol. The van der Waals surface area contributed by atoms with Crippen LogP contribution in [0.1, 0.15) is 76.5 Å². The first-order valence-corrected chi connectivity index (χ1v) is 11.7. The summed E-state index contributed by atoms with van der Waals surface area (Å²) < 4.78 is 2.04. The molecule has 1 aromatic heterocycles. The first-order valence-electron chi connectivity index (χ1n) is 10.9. The minimum Gasteiger partial charge on any atom is -0.370 e. The summed E-state index contributed by atoms with van der Waals surface area (Å²) in [6, 6.07) is 0. The van der Waals surface area contributed by atoms with Crippen LogP contribution in [0.15, 0.2) is 5.16 Å². The highest BCUT2D eigenvalue weighted by Gasteiger charge is 2.55. The number of ketones is 1. The highest BCUT2D eigenvalue weighted by molar-refractivity contribution is 8.00. The molecule has 5 aliphatic carbocycles. The maximum atomic E-state index is 13.6. The van der Waals surface area contributed by atoms with Crippen LogP contribution in [0.4, 0.5) is 0 Å². The van der Waals surface area contributed by atoms with Crippen molar-refractivity contribution in [3.8, 4) is 0 Å². The average molecular weight is 403 g/mol. The number of Topliss-reactive ketones (excluding diaryl/α,β-unsaturated/α-hetero) is 1. The quantitative estimate of drug-likeness (QED) is 0.674. The van der Waals surface area contributed by atoms with Crippen LogP contribution in [0.3, 0.4) is 0 Å². The molecule has 0 spiro atoms. The van der Waals surface area contributed by atoms with Gasteiger partial charge < -0.3 is 10.3 Å². The third kappa shape index (κ3) is 3.29. The van der Waals surface area contributed by atoms with Gasteiger partial charge in [-0.3, -0.25) is 9.59 Å². The molecule has 0 aliphatic heterocycles.